The summed E-state index contributed by atoms with van der Waals surface area (Å²) < 4.78 is 2.78. The molecule has 0 radical (unpaired) electrons. The van der Waals surface area contributed by atoms with Gasteiger partial charge in [0.1, 0.15) is 5.01 Å². The van der Waals surface area contributed by atoms with Crippen molar-refractivity contribution in [2.24, 2.45) is 0 Å². The molecule has 3 heterocycles. The SMILES string of the molecule is O=C(NCc1ccc(-c2nc3ccc(Cl)cc3s2)cc1)c1cnc2nccn2c1. The van der Waals surface area contributed by atoms with E-state index in [1.807, 2.05) is 42.5 Å². The van der Waals surface area contributed by atoms with Crippen molar-refractivity contribution in [3.05, 3.63) is 83.4 Å². The molecule has 5 aromatic rings. The maximum Gasteiger partial charge on any atom is 0.254 e. The van der Waals surface area contributed by atoms with E-state index in [0.717, 1.165) is 26.4 Å². The second-order valence-corrected chi connectivity index (χ2v) is 7.95. The van der Waals surface area contributed by atoms with Gasteiger partial charge in [-0.15, -0.1) is 11.3 Å². The maximum absolute atomic E-state index is 12.4. The monoisotopic (exact) mass is 419 g/mol. The summed E-state index contributed by atoms with van der Waals surface area (Å²) in [6, 6.07) is 13.7. The van der Waals surface area contributed by atoms with Crippen molar-refractivity contribution < 1.29 is 4.79 Å². The van der Waals surface area contributed by atoms with Gasteiger partial charge in [0, 0.05) is 41.9 Å². The fourth-order valence-corrected chi connectivity index (χ4v) is 4.25. The van der Waals surface area contributed by atoms with Crippen molar-refractivity contribution in [1.82, 2.24) is 24.7 Å². The van der Waals surface area contributed by atoms with Gasteiger partial charge in [0.15, 0.2) is 0 Å². The number of nitrogens with zero attached hydrogens (tertiary/aromatic N) is 4. The molecular formula is C21H14ClN5OS. The zero-order chi connectivity index (χ0) is 19.8. The number of thiazole rings is 1. The van der Waals surface area contributed by atoms with Crippen LogP contribution in [0.1, 0.15) is 15.9 Å². The topological polar surface area (TPSA) is 72.2 Å². The number of aromatic nitrogens is 4. The first kappa shape index (κ1) is 17.8. The molecular weight excluding hydrogens is 406 g/mol. The van der Waals surface area contributed by atoms with Crippen molar-refractivity contribution in [2.45, 2.75) is 6.54 Å². The fraction of sp³-hybridized carbons (Fsp3) is 0.0476. The smallest absolute Gasteiger partial charge is 0.254 e. The van der Waals surface area contributed by atoms with E-state index in [-0.39, 0.29) is 5.91 Å². The van der Waals surface area contributed by atoms with E-state index in [2.05, 4.69) is 20.3 Å². The number of fused-ring (bicyclic) bond motifs is 2. The summed E-state index contributed by atoms with van der Waals surface area (Å²) >= 11 is 7.67. The standard InChI is InChI=1S/C21H14ClN5OS/c22-16-5-6-17-18(9-16)29-20(26-17)14-3-1-13(2-4-14)10-24-19(28)15-11-25-21-23-7-8-27(21)12-15/h1-9,11-12H,10H2,(H,24,28). The minimum Gasteiger partial charge on any atom is -0.348 e. The Bertz CT molecular complexity index is 1340. The van der Waals surface area contributed by atoms with Gasteiger partial charge >= 0.3 is 0 Å². The number of carbonyl (C=O) groups is 1. The van der Waals surface area contributed by atoms with Gasteiger partial charge in [-0.2, -0.15) is 0 Å². The molecule has 1 amide bonds. The highest BCUT2D eigenvalue weighted by Gasteiger charge is 2.09. The summed E-state index contributed by atoms with van der Waals surface area (Å²) in [5, 5.41) is 4.57. The highest BCUT2D eigenvalue weighted by molar-refractivity contribution is 7.21. The van der Waals surface area contributed by atoms with Crippen LogP contribution in [0.3, 0.4) is 0 Å². The predicted octanol–water partition coefficient (Wildman–Crippen LogP) is 4.59. The van der Waals surface area contributed by atoms with Crippen LogP contribution in [0.4, 0.5) is 0 Å². The molecule has 0 bridgehead atoms. The van der Waals surface area contributed by atoms with E-state index in [1.165, 1.54) is 6.20 Å². The molecule has 3 aromatic heterocycles. The first-order valence-corrected chi connectivity index (χ1v) is 10.1. The van der Waals surface area contributed by atoms with Gasteiger partial charge in [-0.3, -0.25) is 9.20 Å². The summed E-state index contributed by atoms with van der Waals surface area (Å²) in [4.78, 5) is 25.3. The van der Waals surface area contributed by atoms with Crippen LogP contribution < -0.4 is 5.32 Å². The normalized spacial score (nSPS) is 11.2. The van der Waals surface area contributed by atoms with Crippen molar-refractivity contribution >= 4 is 44.8 Å². The Balaban J connectivity index is 1.29. The molecule has 2 aromatic carbocycles. The van der Waals surface area contributed by atoms with Crippen LogP contribution in [-0.4, -0.2) is 25.3 Å². The highest BCUT2D eigenvalue weighted by atomic mass is 35.5. The van der Waals surface area contributed by atoms with Crippen molar-refractivity contribution in [3.8, 4) is 10.6 Å². The quantitative estimate of drug-likeness (QED) is 0.462. The minimum absolute atomic E-state index is 0.180. The first-order valence-electron chi connectivity index (χ1n) is 8.88. The molecule has 0 fully saturated rings. The molecule has 29 heavy (non-hydrogen) atoms. The maximum atomic E-state index is 12.4. The average molecular weight is 420 g/mol. The number of hydrogen-bond acceptors (Lipinski definition) is 5. The Labute approximate surface area is 174 Å². The van der Waals surface area contributed by atoms with E-state index in [0.29, 0.717) is 22.9 Å². The van der Waals surface area contributed by atoms with E-state index in [1.54, 1.807) is 34.3 Å². The molecule has 0 aliphatic heterocycles. The van der Waals surface area contributed by atoms with Gasteiger partial charge < -0.3 is 5.32 Å². The third kappa shape index (κ3) is 3.57. The number of imidazole rings is 1. The largest absolute Gasteiger partial charge is 0.348 e. The van der Waals surface area contributed by atoms with Gasteiger partial charge in [0.25, 0.3) is 5.91 Å². The van der Waals surface area contributed by atoms with E-state index in [9.17, 15) is 4.79 Å². The Morgan fingerprint density at radius 3 is 2.86 bits per heavy atom. The first-order chi connectivity index (χ1) is 14.2. The molecule has 0 aliphatic carbocycles. The molecule has 0 aliphatic rings. The molecule has 0 spiro atoms. The number of halogens is 1. The molecule has 0 unspecified atom stereocenters. The molecule has 1 N–H and O–H groups in total. The lowest BCUT2D eigenvalue weighted by Crippen LogP contribution is -2.23. The van der Waals surface area contributed by atoms with Crippen molar-refractivity contribution in [1.29, 1.82) is 0 Å². The van der Waals surface area contributed by atoms with Gasteiger partial charge in [-0.05, 0) is 23.8 Å². The predicted molar refractivity (Wildman–Crippen MR) is 114 cm³/mol. The van der Waals surface area contributed by atoms with Crippen LogP contribution in [0, 0.1) is 0 Å². The van der Waals surface area contributed by atoms with Crippen LogP contribution in [-0.2, 0) is 6.54 Å². The van der Waals surface area contributed by atoms with E-state index in [4.69, 9.17) is 11.6 Å². The lowest BCUT2D eigenvalue weighted by molar-refractivity contribution is 0.0950. The summed E-state index contributed by atoms with van der Waals surface area (Å²) in [6.45, 7) is 0.427. The zero-order valence-corrected chi connectivity index (χ0v) is 16.6. The number of hydrogen-bond donors (Lipinski definition) is 1. The number of nitrogens with one attached hydrogen (secondary N) is 1. The molecule has 8 heteroatoms. The Hall–Kier alpha value is -3.29. The van der Waals surface area contributed by atoms with Gasteiger partial charge in [-0.1, -0.05) is 35.9 Å². The Morgan fingerprint density at radius 1 is 1.14 bits per heavy atom. The second-order valence-electron chi connectivity index (χ2n) is 6.49. The summed E-state index contributed by atoms with van der Waals surface area (Å²) in [7, 11) is 0. The van der Waals surface area contributed by atoms with Gasteiger partial charge in [-0.25, -0.2) is 15.0 Å². The molecule has 5 rings (SSSR count). The number of benzene rings is 2. The highest BCUT2D eigenvalue weighted by Crippen LogP contribution is 2.31. The zero-order valence-electron chi connectivity index (χ0n) is 15.0. The molecule has 0 atom stereocenters. The second kappa shape index (κ2) is 7.27. The van der Waals surface area contributed by atoms with Crippen LogP contribution in [0.2, 0.25) is 5.02 Å². The van der Waals surface area contributed by atoms with Crippen molar-refractivity contribution in [2.75, 3.05) is 0 Å². The third-order valence-corrected chi connectivity index (χ3v) is 5.81. The van der Waals surface area contributed by atoms with Crippen LogP contribution >= 0.6 is 22.9 Å². The van der Waals surface area contributed by atoms with E-state index >= 15 is 0 Å². The lowest BCUT2D eigenvalue weighted by atomic mass is 10.1. The Morgan fingerprint density at radius 2 is 2.00 bits per heavy atom. The summed E-state index contributed by atoms with van der Waals surface area (Å²) in [5.74, 6) is 0.384. The third-order valence-electron chi connectivity index (χ3n) is 4.51. The lowest BCUT2D eigenvalue weighted by Gasteiger charge is -2.06. The summed E-state index contributed by atoms with van der Waals surface area (Å²) in [5.41, 5.74) is 3.46. The molecule has 142 valence electrons. The van der Waals surface area contributed by atoms with Gasteiger partial charge in [0.05, 0.1) is 15.8 Å². The van der Waals surface area contributed by atoms with Crippen LogP contribution in [0.15, 0.2) is 67.3 Å². The fourth-order valence-electron chi connectivity index (χ4n) is 3.01. The average Bonchev–Trinajstić information content (AvgIpc) is 3.38. The number of carbonyl (C=O) groups excluding carboxylic acids is 1. The summed E-state index contributed by atoms with van der Waals surface area (Å²) in [6.07, 6.45) is 6.65. The molecule has 0 saturated heterocycles. The molecule has 6 nitrogen and oxygen atoms in total. The Kier molecular flexibility index (Phi) is 4.46. The van der Waals surface area contributed by atoms with Gasteiger partial charge in [0.2, 0.25) is 5.78 Å². The number of rotatable bonds is 4. The minimum atomic E-state index is -0.180. The molecule has 0 saturated carbocycles. The van der Waals surface area contributed by atoms with Crippen LogP contribution in [0.5, 0.6) is 0 Å². The van der Waals surface area contributed by atoms with Crippen molar-refractivity contribution in [3.63, 3.8) is 0 Å². The van der Waals surface area contributed by atoms with E-state index < -0.39 is 0 Å². The number of amides is 1. The van der Waals surface area contributed by atoms with Crippen LogP contribution in [0.25, 0.3) is 26.6 Å².